The summed E-state index contributed by atoms with van der Waals surface area (Å²) in [7, 11) is 0. The van der Waals surface area contributed by atoms with Crippen LogP contribution in [0.3, 0.4) is 0 Å². The predicted octanol–water partition coefficient (Wildman–Crippen LogP) is 4.28. The summed E-state index contributed by atoms with van der Waals surface area (Å²) in [6.07, 6.45) is 0. The van der Waals surface area contributed by atoms with E-state index in [1.54, 1.807) is 4.52 Å². The van der Waals surface area contributed by atoms with Crippen LogP contribution in [0.25, 0.3) is 17.0 Å². The van der Waals surface area contributed by atoms with Crippen LogP contribution in [0.15, 0.2) is 58.5 Å². The Balaban J connectivity index is 1.32. The first-order valence-corrected chi connectivity index (χ1v) is 11.6. The zero-order valence-corrected chi connectivity index (χ0v) is 19.4. The van der Waals surface area contributed by atoms with E-state index >= 15 is 0 Å². The highest BCUT2D eigenvalue weighted by Crippen LogP contribution is 2.35. The summed E-state index contributed by atoms with van der Waals surface area (Å²) >= 11 is 1.48. The molecule has 0 fully saturated rings. The van der Waals surface area contributed by atoms with Gasteiger partial charge in [-0.3, -0.25) is 9.89 Å². The number of nitrogens with one attached hydrogen (secondary N) is 1. The third-order valence-corrected chi connectivity index (χ3v) is 6.16. The Bertz CT molecular complexity index is 1360. The smallest absolute Gasteiger partial charge is 0.266 e. The molecule has 0 aliphatic carbocycles. The second-order valence-corrected chi connectivity index (χ2v) is 9.75. The molecule has 1 aliphatic rings. The van der Waals surface area contributed by atoms with Gasteiger partial charge in [0.1, 0.15) is 5.75 Å². The van der Waals surface area contributed by atoms with Crippen molar-refractivity contribution in [3.63, 3.8) is 0 Å². The number of thioether (sulfide) groups is 1. The number of rotatable bonds is 6. The molecule has 0 saturated carbocycles. The molecular weight excluding hydrogens is 440 g/mol. The Labute approximate surface area is 194 Å². The molecule has 3 heterocycles. The van der Waals surface area contributed by atoms with Crippen molar-refractivity contribution in [1.29, 1.82) is 0 Å². The average molecular weight is 465 g/mol. The summed E-state index contributed by atoms with van der Waals surface area (Å²) < 4.78 is 18.3. The molecule has 9 heteroatoms. The quantitative estimate of drug-likeness (QED) is 0.336. The number of hydrogen-bond acceptors (Lipinski definition) is 7. The van der Waals surface area contributed by atoms with E-state index in [9.17, 15) is 4.79 Å². The van der Waals surface area contributed by atoms with Gasteiger partial charge in [0.05, 0.1) is 6.61 Å². The molecule has 0 bridgehead atoms. The van der Waals surface area contributed by atoms with Crippen molar-refractivity contribution in [3.8, 4) is 28.6 Å². The molecule has 4 aromatic rings. The van der Waals surface area contributed by atoms with Crippen molar-refractivity contribution in [2.45, 2.75) is 31.3 Å². The van der Waals surface area contributed by atoms with E-state index in [-0.39, 0.29) is 17.8 Å². The number of nitrogens with zero attached hydrogens (tertiary/aromatic N) is 3. The first-order valence-electron chi connectivity index (χ1n) is 10.6. The van der Waals surface area contributed by atoms with Gasteiger partial charge < -0.3 is 14.2 Å². The molecule has 170 valence electrons. The van der Waals surface area contributed by atoms with E-state index in [4.69, 9.17) is 14.2 Å². The van der Waals surface area contributed by atoms with Crippen LogP contribution in [0.1, 0.15) is 26.3 Å². The molecule has 1 aliphatic heterocycles. The number of ether oxygens (including phenoxy) is 3. The van der Waals surface area contributed by atoms with Crippen LogP contribution in [0, 0.1) is 0 Å². The molecule has 0 spiro atoms. The van der Waals surface area contributed by atoms with E-state index in [0.717, 1.165) is 11.3 Å². The van der Waals surface area contributed by atoms with E-state index in [2.05, 4.69) is 48.0 Å². The molecule has 5 rings (SSSR count). The zero-order chi connectivity index (χ0) is 23.0. The fourth-order valence-corrected chi connectivity index (χ4v) is 4.26. The van der Waals surface area contributed by atoms with Gasteiger partial charge in [-0.25, -0.2) is 14.5 Å². The van der Waals surface area contributed by atoms with Crippen LogP contribution < -0.4 is 19.8 Å². The minimum absolute atomic E-state index is 0.107. The molecule has 0 radical (unpaired) electrons. The van der Waals surface area contributed by atoms with Crippen molar-refractivity contribution in [3.05, 3.63) is 64.4 Å². The zero-order valence-electron chi connectivity index (χ0n) is 18.6. The molecule has 0 saturated heterocycles. The van der Waals surface area contributed by atoms with Gasteiger partial charge in [0.25, 0.3) is 5.56 Å². The van der Waals surface area contributed by atoms with Crippen molar-refractivity contribution in [1.82, 2.24) is 19.6 Å². The van der Waals surface area contributed by atoms with Crippen molar-refractivity contribution in [2.75, 3.05) is 19.2 Å². The Morgan fingerprint density at radius 2 is 1.85 bits per heavy atom. The first-order chi connectivity index (χ1) is 15.9. The molecule has 2 aromatic carbocycles. The number of aromatic nitrogens is 4. The van der Waals surface area contributed by atoms with Gasteiger partial charge in [0.2, 0.25) is 6.79 Å². The van der Waals surface area contributed by atoms with Gasteiger partial charge in [-0.05, 0) is 41.3 Å². The summed E-state index contributed by atoms with van der Waals surface area (Å²) in [5.74, 6) is 3.33. The van der Waals surface area contributed by atoms with Crippen LogP contribution in [0.4, 0.5) is 0 Å². The highest BCUT2D eigenvalue weighted by Gasteiger charge is 2.17. The molecule has 33 heavy (non-hydrogen) atoms. The average Bonchev–Trinajstić information content (AvgIpc) is 3.41. The third kappa shape index (κ3) is 4.54. The minimum atomic E-state index is -0.232. The van der Waals surface area contributed by atoms with Crippen LogP contribution in [-0.2, 0) is 5.41 Å². The SMILES string of the molecule is CC(C)(C)c1ccc(OCCSc2nc(-c3ccc4c(c3)OCO4)nc3cc(=O)[nH]n23)cc1. The fraction of sp³-hybridized carbons (Fsp3) is 0.292. The first kappa shape index (κ1) is 21.4. The lowest BCUT2D eigenvalue weighted by atomic mass is 9.87. The van der Waals surface area contributed by atoms with Gasteiger partial charge in [0, 0.05) is 17.4 Å². The normalized spacial score (nSPS) is 12.9. The Kier molecular flexibility index (Phi) is 5.49. The van der Waals surface area contributed by atoms with E-state index in [0.29, 0.717) is 40.5 Å². The molecule has 2 aromatic heterocycles. The van der Waals surface area contributed by atoms with Crippen molar-refractivity contribution >= 4 is 17.4 Å². The highest BCUT2D eigenvalue weighted by molar-refractivity contribution is 7.99. The Morgan fingerprint density at radius 3 is 2.64 bits per heavy atom. The number of fused-ring (bicyclic) bond motifs is 2. The summed E-state index contributed by atoms with van der Waals surface area (Å²) in [6, 6.07) is 15.2. The maximum absolute atomic E-state index is 11.9. The lowest BCUT2D eigenvalue weighted by Gasteiger charge is -2.19. The third-order valence-electron chi connectivity index (χ3n) is 5.26. The van der Waals surface area contributed by atoms with Crippen LogP contribution in [-0.4, -0.2) is 38.7 Å². The van der Waals surface area contributed by atoms with Crippen LogP contribution in [0.5, 0.6) is 17.2 Å². The summed E-state index contributed by atoms with van der Waals surface area (Å²) in [5, 5.41) is 3.38. The second kappa shape index (κ2) is 8.47. The summed E-state index contributed by atoms with van der Waals surface area (Å²) in [6.45, 7) is 7.25. The van der Waals surface area contributed by atoms with Crippen LogP contribution in [0.2, 0.25) is 0 Å². The van der Waals surface area contributed by atoms with Crippen molar-refractivity contribution < 1.29 is 14.2 Å². The molecule has 1 N–H and O–H groups in total. The lowest BCUT2D eigenvalue weighted by Crippen LogP contribution is -2.10. The van der Waals surface area contributed by atoms with Crippen LogP contribution >= 0.6 is 11.8 Å². The second-order valence-electron chi connectivity index (χ2n) is 8.68. The van der Waals surface area contributed by atoms with Gasteiger partial charge in [-0.15, -0.1) is 0 Å². The van der Waals surface area contributed by atoms with E-state index < -0.39 is 0 Å². The van der Waals surface area contributed by atoms with Gasteiger partial charge in [-0.1, -0.05) is 44.7 Å². The van der Waals surface area contributed by atoms with Gasteiger partial charge in [0.15, 0.2) is 28.1 Å². The molecule has 0 unspecified atom stereocenters. The maximum Gasteiger partial charge on any atom is 0.266 e. The number of benzene rings is 2. The topological polar surface area (TPSA) is 90.7 Å². The summed E-state index contributed by atoms with van der Waals surface area (Å²) in [4.78, 5) is 21.2. The largest absolute Gasteiger partial charge is 0.493 e. The monoisotopic (exact) mass is 464 g/mol. The molecule has 0 amide bonds. The Hall–Kier alpha value is -3.46. The molecule has 0 atom stereocenters. The van der Waals surface area contributed by atoms with Crippen molar-refractivity contribution in [2.24, 2.45) is 0 Å². The summed E-state index contributed by atoms with van der Waals surface area (Å²) in [5.41, 5.74) is 2.43. The van der Waals surface area contributed by atoms with Gasteiger partial charge in [-0.2, -0.15) is 0 Å². The standard InChI is InChI=1S/C24H24N4O4S/c1-24(2,3)16-5-7-17(8-6-16)30-10-11-33-23-26-22(25-20-13-21(29)27-28(20)23)15-4-9-18-19(12-15)32-14-31-18/h4-9,12-13H,10-11,14H2,1-3H3,(H,27,29). The minimum Gasteiger partial charge on any atom is -0.493 e. The Morgan fingerprint density at radius 1 is 1.06 bits per heavy atom. The number of aromatic amines is 1. The fourth-order valence-electron chi connectivity index (χ4n) is 3.49. The molecular formula is C24H24N4O4S. The number of hydrogen-bond donors (Lipinski definition) is 1. The maximum atomic E-state index is 11.9. The lowest BCUT2D eigenvalue weighted by molar-refractivity contribution is 0.174. The van der Waals surface area contributed by atoms with E-state index in [1.807, 2.05) is 30.3 Å². The highest BCUT2D eigenvalue weighted by atomic mass is 32.2. The predicted molar refractivity (Wildman–Crippen MR) is 127 cm³/mol. The van der Waals surface area contributed by atoms with Gasteiger partial charge >= 0.3 is 0 Å². The number of H-pyrrole nitrogens is 1. The molecule has 8 nitrogen and oxygen atoms in total. The van der Waals surface area contributed by atoms with E-state index in [1.165, 1.54) is 23.4 Å².